The monoisotopic (exact) mass is 281 g/mol. The number of aromatic nitrogens is 2. The number of hydrogen-bond donors (Lipinski definition) is 1. The zero-order valence-corrected chi connectivity index (χ0v) is 9.98. The van der Waals surface area contributed by atoms with Gasteiger partial charge in [-0.1, -0.05) is 5.16 Å². The number of pyridine rings is 1. The van der Waals surface area contributed by atoms with Crippen LogP contribution in [0.5, 0.6) is 0 Å². The van der Waals surface area contributed by atoms with Gasteiger partial charge in [-0.25, -0.2) is 4.98 Å². The first-order chi connectivity index (χ1) is 7.65. The summed E-state index contributed by atoms with van der Waals surface area (Å²) >= 11 is 3.19. The van der Waals surface area contributed by atoms with Gasteiger partial charge in [-0.15, -0.1) is 0 Å². The molecule has 0 aliphatic heterocycles. The van der Waals surface area contributed by atoms with Crippen LogP contribution >= 0.6 is 15.9 Å². The molecule has 0 saturated carbocycles. The van der Waals surface area contributed by atoms with E-state index in [1.54, 1.807) is 31.3 Å². The quantitative estimate of drug-likeness (QED) is 0.859. The molecule has 16 heavy (non-hydrogen) atoms. The fraction of sp³-hybridized carbons (Fsp3) is 0.100. The number of carbonyl (C=O) groups excluding carboxylic acids is 1. The number of nitrogens with zero attached hydrogens (tertiary/aromatic N) is 2. The van der Waals surface area contributed by atoms with E-state index in [0.717, 1.165) is 0 Å². The van der Waals surface area contributed by atoms with Crippen LogP contribution in [0, 0.1) is 6.92 Å². The molecule has 2 aromatic rings. The van der Waals surface area contributed by atoms with Crippen molar-refractivity contribution >= 4 is 27.7 Å². The van der Waals surface area contributed by atoms with Gasteiger partial charge >= 0.3 is 0 Å². The Bertz CT molecular complexity index is 524. The average molecular weight is 282 g/mol. The Morgan fingerprint density at radius 1 is 1.50 bits per heavy atom. The minimum absolute atomic E-state index is 0.265. The molecular weight excluding hydrogens is 274 g/mol. The van der Waals surface area contributed by atoms with Crippen LogP contribution in [-0.4, -0.2) is 16.0 Å². The molecule has 2 heterocycles. The molecule has 0 fully saturated rings. The topological polar surface area (TPSA) is 68.0 Å². The summed E-state index contributed by atoms with van der Waals surface area (Å²) in [5, 5.41) is 6.26. The lowest BCUT2D eigenvalue weighted by Gasteiger charge is -2.00. The standard InChI is InChI=1S/C10H8BrN3O2/c1-6-4-9(16-14-6)13-10(15)7-2-3-12-8(11)5-7/h2-5H,1H3,(H,13,15). The molecule has 2 aromatic heterocycles. The van der Waals surface area contributed by atoms with Gasteiger partial charge in [0.1, 0.15) is 4.60 Å². The van der Waals surface area contributed by atoms with Gasteiger partial charge in [-0.2, -0.15) is 0 Å². The molecule has 5 nitrogen and oxygen atoms in total. The average Bonchev–Trinajstić information content (AvgIpc) is 2.64. The van der Waals surface area contributed by atoms with Gasteiger partial charge in [0.15, 0.2) is 0 Å². The number of aryl methyl sites for hydroxylation is 1. The highest BCUT2D eigenvalue weighted by Gasteiger charge is 2.09. The van der Waals surface area contributed by atoms with Gasteiger partial charge in [-0.3, -0.25) is 10.1 Å². The molecule has 0 atom stereocenters. The molecule has 1 amide bonds. The maximum atomic E-state index is 11.7. The minimum atomic E-state index is -0.265. The Hall–Kier alpha value is -1.69. The molecule has 0 aromatic carbocycles. The van der Waals surface area contributed by atoms with Crippen LogP contribution in [0.15, 0.2) is 33.5 Å². The smallest absolute Gasteiger partial charge is 0.258 e. The summed E-state index contributed by atoms with van der Waals surface area (Å²) in [5.74, 6) is 0.0645. The highest BCUT2D eigenvalue weighted by molar-refractivity contribution is 9.10. The third-order valence-corrected chi connectivity index (χ3v) is 2.29. The largest absolute Gasteiger partial charge is 0.338 e. The van der Waals surface area contributed by atoms with E-state index in [-0.39, 0.29) is 5.91 Å². The molecular formula is C10H8BrN3O2. The first kappa shape index (κ1) is 10.8. The normalized spacial score (nSPS) is 10.1. The molecule has 6 heteroatoms. The molecule has 1 N–H and O–H groups in total. The van der Waals surface area contributed by atoms with Crippen LogP contribution in [-0.2, 0) is 0 Å². The number of nitrogens with one attached hydrogen (secondary N) is 1. The predicted molar refractivity (Wildman–Crippen MR) is 61.1 cm³/mol. The number of halogens is 1. The molecule has 0 bridgehead atoms. The Kier molecular flexibility index (Phi) is 3.00. The highest BCUT2D eigenvalue weighted by Crippen LogP contribution is 2.12. The van der Waals surface area contributed by atoms with Crippen LogP contribution in [0.3, 0.4) is 0 Å². The number of hydrogen-bond acceptors (Lipinski definition) is 4. The molecule has 2 rings (SSSR count). The van der Waals surface area contributed by atoms with Crippen molar-refractivity contribution in [2.45, 2.75) is 6.92 Å². The molecule has 82 valence electrons. The van der Waals surface area contributed by atoms with E-state index < -0.39 is 0 Å². The van der Waals surface area contributed by atoms with E-state index in [9.17, 15) is 4.79 Å². The summed E-state index contributed by atoms with van der Waals surface area (Å²) < 4.78 is 5.48. The second-order valence-electron chi connectivity index (χ2n) is 3.15. The van der Waals surface area contributed by atoms with Crippen LogP contribution < -0.4 is 5.32 Å². The second-order valence-corrected chi connectivity index (χ2v) is 3.97. The van der Waals surface area contributed by atoms with Crippen molar-refractivity contribution in [3.8, 4) is 0 Å². The molecule has 0 aliphatic carbocycles. The van der Waals surface area contributed by atoms with E-state index in [0.29, 0.717) is 21.7 Å². The van der Waals surface area contributed by atoms with Crippen molar-refractivity contribution in [1.29, 1.82) is 0 Å². The first-order valence-electron chi connectivity index (χ1n) is 4.51. The van der Waals surface area contributed by atoms with Crippen LogP contribution in [0.25, 0.3) is 0 Å². The van der Waals surface area contributed by atoms with Crippen molar-refractivity contribution < 1.29 is 9.32 Å². The Labute approximate surface area is 100.0 Å². The lowest BCUT2D eigenvalue weighted by molar-refractivity contribution is 0.102. The van der Waals surface area contributed by atoms with Gasteiger partial charge < -0.3 is 4.52 Å². The van der Waals surface area contributed by atoms with E-state index in [1.165, 1.54) is 0 Å². The summed E-state index contributed by atoms with van der Waals surface area (Å²) in [5.41, 5.74) is 1.21. The van der Waals surface area contributed by atoms with Crippen LogP contribution in [0.2, 0.25) is 0 Å². The predicted octanol–water partition coefficient (Wildman–Crippen LogP) is 2.39. The SMILES string of the molecule is Cc1cc(NC(=O)c2ccnc(Br)c2)on1. The number of amides is 1. The first-order valence-corrected chi connectivity index (χ1v) is 5.30. The third-order valence-electron chi connectivity index (χ3n) is 1.85. The van der Waals surface area contributed by atoms with Crippen molar-refractivity contribution in [3.05, 3.63) is 40.3 Å². The van der Waals surface area contributed by atoms with Crippen molar-refractivity contribution in [2.24, 2.45) is 0 Å². The molecule has 0 unspecified atom stereocenters. The van der Waals surface area contributed by atoms with Gasteiger partial charge in [-0.05, 0) is 35.0 Å². The second kappa shape index (κ2) is 4.44. The van der Waals surface area contributed by atoms with Gasteiger partial charge in [0.25, 0.3) is 5.91 Å². The maximum Gasteiger partial charge on any atom is 0.258 e. The summed E-state index contributed by atoms with van der Waals surface area (Å²) in [7, 11) is 0. The van der Waals surface area contributed by atoms with Crippen LogP contribution in [0.1, 0.15) is 16.1 Å². The zero-order chi connectivity index (χ0) is 11.5. The Balaban J connectivity index is 2.14. The third kappa shape index (κ3) is 2.46. The van der Waals surface area contributed by atoms with Gasteiger partial charge in [0.05, 0.1) is 5.69 Å². The van der Waals surface area contributed by atoms with Crippen LogP contribution in [0.4, 0.5) is 5.88 Å². The highest BCUT2D eigenvalue weighted by atomic mass is 79.9. The molecule has 0 aliphatic rings. The summed E-state index contributed by atoms with van der Waals surface area (Å²) in [4.78, 5) is 15.7. The summed E-state index contributed by atoms with van der Waals surface area (Å²) in [6.07, 6.45) is 1.55. The Morgan fingerprint density at radius 2 is 2.31 bits per heavy atom. The van der Waals surface area contributed by atoms with E-state index in [4.69, 9.17) is 4.52 Å². The van der Waals surface area contributed by atoms with Crippen molar-refractivity contribution in [3.63, 3.8) is 0 Å². The number of carbonyl (C=O) groups is 1. The minimum Gasteiger partial charge on any atom is -0.338 e. The van der Waals surface area contributed by atoms with Gasteiger partial charge in [0, 0.05) is 17.8 Å². The summed E-state index contributed by atoms with van der Waals surface area (Å²) in [6.45, 7) is 1.78. The fourth-order valence-electron chi connectivity index (χ4n) is 1.15. The summed E-state index contributed by atoms with van der Waals surface area (Å²) in [6, 6.07) is 4.88. The van der Waals surface area contributed by atoms with E-state index in [2.05, 4.69) is 31.4 Å². The lowest BCUT2D eigenvalue weighted by Crippen LogP contribution is -2.11. The Morgan fingerprint density at radius 3 is 2.94 bits per heavy atom. The molecule has 0 saturated heterocycles. The van der Waals surface area contributed by atoms with E-state index in [1.807, 2.05) is 0 Å². The lowest BCUT2D eigenvalue weighted by atomic mass is 10.2. The number of anilines is 1. The molecule has 0 spiro atoms. The molecule has 0 radical (unpaired) electrons. The van der Waals surface area contributed by atoms with Crippen molar-refractivity contribution in [1.82, 2.24) is 10.1 Å². The fourth-order valence-corrected chi connectivity index (χ4v) is 1.52. The zero-order valence-electron chi connectivity index (χ0n) is 8.40. The van der Waals surface area contributed by atoms with Crippen molar-refractivity contribution in [2.75, 3.05) is 5.32 Å². The van der Waals surface area contributed by atoms with E-state index >= 15 is 0 Å². The number of rotatable bonds is 2. The van der Waals surface area contributed by atoms with Gasteiger partial charge in [0.2, 0.25) is 5.88 Å². The maximum absolute atomic E-state index is 11.7.